The second-order valence-corrected chi connectivity index (χ2v) is 4.99. The summed E-state index contributed by atoms with van der Waals surface area (Å²) in [5, 5.41) is 1.23. The number of H-pyrrole nitrogens is 1. The van der Waals surface area contributed by atoms with Crippen LogP contribution in [0.25, 0.3) is 10.8 Å². The molecule has 116 valence electrons. The molecule has 2 aromatic carbocycles. The third-order valence-electron chi connectivity index (χ3n) is 3.52. The maximum Gasteiger partial charge on any atom is 0.355 e. The van der Waals surface area contributed by atoms with Crippen molar-refractivity contribution in [2.24, 2.45) is 0 Å². The summed E-state index contributed by atoms with van der Waals surface area (Å²) in [5.74, 6) is 0.0612. The van der Waals surface area contributed by atoms with E-state index in [0.717, 1.165) is 5.56 Å². The number of methoxy groups -OCH3 is 1. The van der Waals surface area contributed by atoms with Crippen LogP contribution in [0.2, 0.25) is 0 Å². The zero-order valence-electron chi connectivity index (χ0n) is 12.5. The lowest BCUT2D eigenvalue weighted by atomic mass is 10.1. The summed E-state index contributed by atoms with van der Waals surface area (Å²) in [6, 6.07) is 16.0. The van der Waals surface area contributed by atoms with E-state index in [1.807, 2.05) is 24.3 Å². The standard InChI is InChI=1S/C18H15NO4/c1-22-16-9-5-3-7-13(16)11-23-18(21)15-10-12-6-2-4-8-14(12)17(20)19-15/h2-10H,11H2,1H3,(H,19,20). The fraction of sp³-hybridized carbons (Fsp3) is 0.111. The largest absolute Gasteiger partial charge is 0.496 e. The van der Waals surface area contributed by atoms with Crippen molar-refractivity contribution in [1.82, 2.24) is 4.98 Å². The number of aromatic amines is 1. The first-order valence-electron chi connectivity index (χ1n) is 7.10. The number of benzene rings is 2. The summed E-state index contributed by atoms with van der Waals surface area (Å²) >= 11 is 0. The van der Waals surface area contributed by atoms with Gasteiger partial charge in [0, 0.05) is 10.9 Å². The first-order valence-corrected chi connectivity index (χ1v) is 7.10. The molecule has 0 bridgehead atoms. The molecule has 0 atom stereocenters. The average molecular weight is 309 g/mol. The van der Waals surface area contributed by atoms with Gasteiger partial charge in [-0.05, 0) is 23.6 Å². The van der Waals surface area contributed by atoms with Crippen molar-refractivity contribution in [3.05, 3.63) is 76.2 Å². The highest BCUT2D eigenvalue weighted by molar-refractivity contribution is 5.92. The fourth-order valence-electron chi connectivity index (χ4n) is 2.36. The minimum absolute atomic E-state index is 0.0672. The fourth-order valence-corrected chi connectivity index (χ4v) is 2.36. The Morgan fingerprint density at radius 2 is 1.83 bits per heavy atom. The van der Waals surface area contributed by atoms with E-state index in [1.54, 1.807) is 37.4 Å². The summed E-state index contributed by atoms with van der Waals surface area (Å²) in [6.45, 7) is 0.0672. The lowest BCUT2D eigenvalue weighted by Crippen LogP contribution is -2.15. The van der Waals surface area contributed by atoms with Gasteiger partial charge < -0.3 is 14.5 Å². The summed E-state index contributed by atoms with van der Waals surface area (Å²) in [7, 11) is 1.56. The summed E-state index contributed by atoms with van der Waals surface area (Å²) in [4.78, 5) is 26.7. The molecule has 0 saturated carbocycles. The predicted molar refractivity (Wildman–Crippen MR) is 86.7 cm³/mol. The van der Waals surface area contributed by atoms with Gasteiger partial charge in [0.1, 0.15) is 18.1 Å². The third kappa shape index (κ3) is 3.08. The van der Waals surface area contributed by atoms with Crippen molar-refractivity contribution in [2.75, 3.05) is 7.11 Å². The minimum atomic E-state index is -0.584. The Hall–Kier alpha value is -3.08. The van der Waals surface area contributed by atoms with E-state index in [0.29, 0.717) is 16.5 Å². The Kier molecular flexibility index (Phi) is 4.10. The number of rotatable bonds is 4. The molecule has 0 amide bonds. The second-order valence-electron chi connectivity index (χ2n) is 4.99. The molecule has 0 saturated heterocycles. The molecule has 1 aromatic heterocycles. The SMILES string of the molecule is COc1ccccc1COC(=O)c1cc2ccccc2c(=O)[nH]1. The van der Waals surface area contributed by atoms with Crippen molar-refractivity contribution in [2.45, 2.75) is 6.61 Å². The summed E-state index contributed by atoms with van der Waals surface area (Å²) < 4.78 is 10.5. The lowest BCUT2D eigenvalue weighted by Gasteiger charge is -2.09. The van der Waals surface area contributed by atoms with Crippen LogP contribution >= 0.6 is 0 Å². The van der Waals surface area contributed by atoms with Crippen molar-refractivity contribution >= 4 is 16.7 Å². The average Bonchev–Trinajstić information content (AvgIpc) is 2.59. The quantitative estimate of drug-likeness (QED) is 0.752. The Bertz CT molecular complexity index is 914. The number of carbonyl (C=O) groups is 1. The molecule has 1 heterocycles. The maximum absolute atomic E-state index is 12.2. The Labute approximate surface area is 132 Å². The van der Waals surface area contributed by atoms with Crippen LogP contribution in [-0.2, 0) is 11.3 Å². The summed E-state index contributed by atoms with van der Waals surface area (Å²) in [6.07, 6.45) is 0. The number of nitrogens with one attached hydrogen (secondary N) is 1. The van der Waals surface area contributed by atoms with E-state index < -0.39 is 5.97 Å². The zero-order chi connectivity index (χ0) is 16.2. The van der Waals surface area contributed by atoms with E-state index in [2.05, 4.69) is 4.98 Å². The highest BCUT2D eigenvalue weighted by Crippen LogP contribution is 2.18. The number of aromatic nitrogens is 1. The summed E-state index contributed by atoms with van der Waals surface area (Å²) in [5.41, 5.74) is 0.572. The minimum Gasteiger partial charge on any atom is -0.496 e. The van der Waals surface area contributed by atoms with Gasteiger partial charge in [0.2, 0.25) is 0 Å². The van der Waals surface area contributed by atoms with Crippen molar-refractivity contribution in [3.8, 4) is 5.75 Å². The molecule has 5 heteroatoms. The van der Waals surface area contributed by atoms with Gasteiger partial charge in [-0.15, -0.1) is 0 Å². The van der Waals surface area contributed by atoms with Crippen LogP contribution in [0.5, 0.6) is 5.75 Å². The van der Waals surface area contributed by atoms with Gasteiger partial charge in [-0.25, -0.2) is 4.79 Å². The molecule has 0 spiro atoms. The molecule has 3 rings (SSSR count). The molecule has 0 aliphatic carbocycles. The molecule has 0 aliphatic heterocycles. The molecule has 5 nitrogen and oxygen atoms in total. The second kappa shape index (κ2) is 6.36. The van der Waals surface area contributed by atoms with E-state index in [4.69, 9.17) is 9.47 Å². The van der Waals surface area contributed by atoms with Crippen LogP contribution in [0, 0.1) is 0 Å². The molecule has 1 N–H and O–H groups in total. The molecule has 0 aliphatic rings. The van der Waals surface area contributed by atoms with Crippen LogP contribution in [0.3, 0.4) is 0 Å². The van der Waals surface area contributed by atoms with Gasteiger partial charge in [0.05, 0.1) is 7.11 Å². The topological polar surface area (TPSA) is 68.4 Å². The molecular formula is C18H15NO4. The number of fused-ring (bicyclic) bond motifs is 1. The van der Waals surface area contributed by atoms with Gasteiger partial charge in [0.25, 0.3) is 5.56 Å². The number of ether oxygens (including phenoxy) is 2. The molecule has 0 unspecified atom stereocenters. The number of pyridine rings is 1. The van der Waals surface area contributed by atoms with E-state index in [9.17, 15) is 9.59 Å². The van der Waals surface area contributed by atoms with Crippen molar-refractivity contribution in [1.29, 1.82) is 0 Å². The van der Waals surface area contributed by atoms with Gasteiger partial charge in [-0.1, -0.05) is 36.4 Å². The molecule has 0 radical (unpaired) electrons. The van der Waals surface area contributed by atoms with Crippen LogP contribution in [-0.4, -0.2) is 18.1 Å². The number of hydrogen-bond acceptors (Lipinski definition) is 4. The lowest BCUT2D eigenvalue weighted by molar-refractivity contribution is 0.0463. The van der Waals surface area contributed by atoms with Crippen LogP contribution in [0.4, 0.5) is 0 Å². The molecule has 0 fully saturated rings. The Morgan fingerprint density at radius 1 is 1.09 bits per heavy atom. The predicted octanol–water partition coefficient (Wildman–Crippen LogP) is 2.89. The van der Waals surface area contributed by atoms with Gasteiger partial charge >= 0.3 is 5.97 Å². The van der Waals surface area contributed by atoms with E-state index >= 15 is 0 Å². The van der Waals surface area contributed by atoms with Crippen LogP contribution in [0.1, 0.15) is 16.1 Å². The Morgan fingerprint density at radius 3 is 2.65 bits per heavy atom. The number of carbonyl (C=O) groups excluding carboxylic acids is 1. The molecular weight excluding hydrogens is 294 g/mol. The number of para-hydroxylation sites is 1. The zero-order valence-corrected chi connectivity index (χ0v) is 12.5. The van der Waals surface area contributed by atoms with Crippen LogP contribution in [0.15, 0.2) is 59.4 Å². The normalized spacial score (nSPS) is 10.5. The monoisotopic (exact) mass is 309 g/mol. The van der Waals surface area contributed by atoms with Gasteiger partial charge in [-0.2, -0.15) is 0 Å². The third-order valence-corrected chi connectivity index (χ3v) is 3.52. The first kappa shape index (κ1) is 14.8. The smallest absolute Gasteiger partial charge is 0.355 e. The first-order chi connectivity index (χ1) is 11.2. The van der Waals surface area contributed by atoms with Crippen molar-refractivity contribution < 1.29 is 14.3 Å². The van der Waals surface area contributed by atoms with Gasteiger partial charge in [0.15, 0.2) is 0 Å². The van der Waals surface area contributed by atoms with Crippen LogP contribution < -0.4 is 10.3 Å². The number of hydrogen-bond donors (Lipinski definition) is 1. The molecule has 3 aromatic rings. The van der Waals surface area contributed by atoms with E-state index in [-0.39, 0.29) is 17.9 Å². The van der Waals surface area contributed by atoms with E-state index in [1.165, 1.54) is 0 Å². The highest BCUT2D eigenvalue weighted by Gasteiger charge is 2.12. The van der Waals surface area contributed by atoms with Gasteiger partial charge in [-0.3, -0.25) is 4.79 Å². The number of esters is 1. The Balaban J connectivity index is 1.82. The van der Waals surface area contributed by atoms with Crippen molar-refractivity contribution in [3.63, 3.8) is 0 Å². The highest BCUT2D eigenvalue weighted by atomic mass is 16.5. The maximum atomic E-state index is 12.2. The molecule has 23 heavy (non-hydrogen) atoms.